The summed E-state index contributed by atoms with van der Waals surface area (Å²) in [6, 6.07) is 9.73. The lowest BCUT2D eigenvalue weighted by Gasteiger charge is -2.07. The van der Waals surface area contributed by atoms with E-state index >= 15 is 0 Å². The van der Waals surface area contributed by atoms with Crippen LogP contribution in [0.4, 0.5) is 11.4 Å². The summed E-state index contributed by atoms with van der Waals surface area (Å²) in [6.07, 6.45) is 1.21. The number of carbonyl (C=O) groups excluding carboxylic acids is 2. The van der Waals surface area contributed by atoms with Gasteiger partial charge in [0, 0.05) is 30.2 Å². The van der Waals surface area contributed by atoms with Crippen LogP contribution in [0.1, 0.15) is 29.5 Å². The number of anilines is 1. The molecule has 0 aliphatic rings. The standard InChI is InChI=1S/C19H19ClN4O4/c1-12-3-5-15(9-13(12)2)22-18(25)7-8-19(26)23-21-11-14-4-6-16(20)17(10-14)24(27)28/h3-6,9-11H,7-8H2,1-2H3,(H,22,25)(H,23,26). The highest BCUT2D eigenvalue weighted by atomic mass is 35.5. The number of halogens is 1. The first-order valence-electron chi connectivity index (χ1n) is 8.39. The number of aryl methyl sites for hydroxylation is 2. The predicted molar refractivity (Wildman–Crippen MR) is 108 cm³/mol. The molecule has 0 aromatic heterocycles. The van der Waals surface area contributed by atoms with Gasteiger partial charge in [0.1, 0.15) is 5.02 Å². The smallest absolute Gasteiger partial charge is 0.288 e. The molecule has 0 aliphatic heterocycles. The van der Waals surface area contributed by atoms with Crippen LogP contribution in [0.15, 0.2) is 41.5 Å². The number of nitro benzene ring substituents is 1. The number of carbonyl (C=O) groups is 2. The van der Waals surface area contributed by atoms with Crippen molar-refractivity contribution in [1.82, 2.24) is 5.43 Å². The van der Waals surface area contributed by atoms with Gasteiger partial charge in [0.2, 0.25) is 11.8 Å². The second-order valence-corrected chi connectivity index (χ2v) is 6.52. The van der Waals surface area contributed by atoms with E-state index in [4.69, 9.17) is 11.6 Å². The van der Waals surface area contributed by atoms with Gasteiger partial charge in [-0.15, -0.1) is 0 Å². The minimum atomic E-state index is -0.605. The monoisotopic (exact) mass is 402 g/mol. The number of benzene rings is 2. The van der Waals surface area contributed by atoms with Crippen molar-refractivity contribution in [3.05, 3.63) is 68.2 Å². The van der Waals surface area contributed by atoms with E-state index < -0.39 is 10.8 Å². The molecule has 2 rings (SSSR count). The van der Waals surface area contributed by atoms with Gasteiger partial charge in [-0.25, -0.2) is 5.43 Å². The Morgan fingerprint density at radius 2 is 1.82 bits per heavy atom. The number of nitrogens with zero attached hydrogens (tertiary/aromatic N) is 2. The zero-order chi connectivity index (χ0) is 20.7. The van der Waals surface area contributed by atoms with Crippen molar-refractivity contribution in [3.63, 3.8) is 0 Å². The molecule has 0 radical (unpaired) electrons. The summed E-state index contributed by atoms with van der Waals surface area (Å²) in [4.78, 5) is 34.0. The van der Waals surface area contributed by atoms with Gasteiger partial charge in [-0.05, 0) is 43.2 Å². The average Bonchev–Trinajstić information content (AvgIpc) is 2.64. The number of hydrogen-bond donors (Lipinski definition) is 2. The van der Waals surface area contributed by atoms with E-state index in [-0.39, 0.29) is 29.5 Å². The number of amides is 2. The topological polar surface area (TPSA) is 114 Å². The van der Waals surface area contributed by atoms with Crippen molar-refractivity contribution >= 4 is 41.0 Å². The highest BCUT2D eigenvalue weighted by molar-refractivity contribution is 6.32. The SMILES string of the molecule is Cc1ccc(NC(=O)CCC(=O)NN=Cc2ccc(Cl)c([N+](=O)[O-])c2)cc1C. The molecule has 0 saturated heterocycles. The number of hydrogen-bond acceptors (Lipinski definition) is 5. The molecule has 0 bridgehead atoms. The third kappa shape index (κ3) is 6.17. The fraction of sp³-hybridized carbons (Fsp3) is 0.211. The van der Waals surface area contributed by atoms with Gasteiger partial charge in [-0.3, -0.25) is 19.7 Å². The predicted octanol–water partition coefficient (Wildman–Crippen LogP) is 3.73. The van der Waals surface area contributed by atoms with Crippen LogP contribution < -0.4 is 10.7 Å². The first-order chi connectivity index (χ1) is 13.3. The molecule has 8 nitrogen and oxygen atoms in total. The van der Waals surface area contributed by atoms with Crippen LogP contribution in [0.3, 0.4) is 0 Å². The lowest BCUT2D eigenvalue weighted by molar-refractivity contribution is -0.384. The Morgan fingerprint density at radius 1 is 1.11 bits per heavy atom. The van der Waals surface area contributed by atoms with Crippen molar-refractivity contribution < 1.29 is 14.5 Å². The third-order valence-electron chi connectivity index (χ3n) is 3.94. The molecule has 9 heteroatoms. The van der Waals surface area contributed by atoms with Gasteiger partial charge in [-0.2, -0.15) is 5.10 Å². The molecule has 2 aromatic rings. The Balaban J connectivity index is 1.81. The van der Waals surface area contributed by atoms with Crippen molar-refractivity contribution in [3.8, 4) is 0 Å². The van der Waals surface area contributed by atoms with E-state index in [1.54, 1.807) is 6.07 Å². The van der Waals surface area contributed by atoms with Gasteiger partial charge in [0.15, 0.2) is 0 Å². The summed E-state index contributed by atoms with van der Waals surface area (Å²) < 4.78 is 0. The van der Waals surface area contributed by atoms with Crippen LogP contribution in [0, 0.1) is 24.0 Å². The summed E-state index contributed by atoms with van der Waals surface area (Å²) in [5.74, 6) is -0.731. The summed E-state index contributed by atoms with van der Waals surface area (Å²) >= 11 is 5.73. The fourth-order valence-corrected chi connectivity index (χ4v) is 2.44. The first kappa shape index (κ1) is 21.0. The Bertz CT molecular complexity index is 944. The molecule has 0 unspecified atom stereocenters. The minimum absolute atomic E-state index is 0.000689. The van der Waals surface area contributed by atoms with Crippen LogP contribution in [0.2, 0.25) is 5.02 Å². The molecule has 0 spiro atoms. The molecule has 2 amide bonds. The molecule has 28 heavy (non-hydrogen) atoms. The maximum Gasteiger partial charge on any atom is 0.288 e. The summed E-state index contributed by atoms with van der Waals surface area (Å²) in [7, 11) is 0. The Hall–Kier alpha value is -3.26. The summed E-state index contributed by atoms with van der Waals surface area (Å²) in [6.45, 7) is 3.93. The van der Waals surface area contributed by atoms with Crippen molar-refractivity contribution in [2.45, 2.75) is 26.7 Å². The Kier molecular flexibility index (Phi) is 7.22. The van der Waals surface area contributed by atoms with E-state index in [0.29, 0.717) is 11.3 Å². The van der Waals surface area contributed by atoms with Crippen LogP contribution in [0.25, 0.3) is 0 Å². The van der Waals surface area contributed by atoms with E-state index in [2.05, 4.69) is 15.8 Å². The molecular formula is C19H19ClN4O4. The van der Waals surface area contributed by atoms with Crippen LogP contribution in [0.5, 0.6) is 0 Å². The number of rotatable bonds is 7. The normalized spacial score (nSPS) is 10.7. The van der Waals surface area contributed by atoms with Crippen molar-refractivity contribution in [2.75, 3.05) is 5.32 Å². The molecule has 0 atom stereocenters. The fourth-order valence-electron chi connectivity index (χ4n) is 2.25. The average molecular weight is 403 g/mol. The third-order valence-corrected chi connectivity index (χ3v) is 4.26. The second kappa shape index (κ2) is 9.61. The second-order valence-electron chi connectivity index (χ2n) is 6.11. The molecule has 146 valence electrons. The largest absolute Gasteiger partial charge is 0.326 e. The van der Waals surface area contributed by atoms with Crippen LogP contribution in [-0.4, -0.2) is 23.0 Å². The molecule has 0 fully saturated rings. The zero-order valence-electron chi connectivity index (χ0n) is 15.4. The maximum absolute atomic E-state index is 11.9. The summed E-state index contributed by atoms with van der Waals surface area (Å²) in [5, 5.41) is 17.3. The van der Waals surface area contributed by atoms with Gasteiger partial charge in [0.05, 0.1) is 11.1 Å². The Morgan fingerprint density at radius 3 is 2.50 bits per heavy atom. The minimum Gasteiger partial charge on any atom is -0.326 e. The van der Waals surface area contributed by atoms with Crippen molar-refractivity contribution in [2.24, 2.45) is 5.10 Å². The van der Waals surface area contributed by atoms with Crippen LogP contribution in [-0.2, 0) is 9.59 Å². The number of nitro groups is 1. The van der Waals surface area contributed by atoms with Gasteiger partial charge < -0.3 is 5.32 Å². The molecule has 0 saturated carbocycles. The van der Waals surface area contributed by atoms with Gasteiger partial charge in [0.25, 0.3) is 5.69 Å². The number of hydrazone groups is 1. The highest BCUT2D eigenvalue weighted by Gasteiger charge is 2.12. The quantitative estimate of drug-likeness (QED) is 0.417. The van der Waals surface area contributed by atoms with E-state index in [1.807, 2.05) is 26.0 Å². The molecule has 2 N–H and O–H groups in total. The molecule has 0 heterocycles. The lowest BCUT2D eigenvalue weighted by Crippen LogP contribution is -2.20. The van der Waals surface area contributed by atoms with E-state index in [0.717, 1.165) is 11.1 Å². The Labute approximate surface area is 166 Å². The zero-order valence-corrected chi connectivity index (χ0v) is 16.1. The van der Waals surface area contributed by atoms with Gasteiger partial charge >= 0.3 is 0 Å². The van der Waals surface area contributed by atoms with Crippen LogP contribution >= 0.6 is 11.6 Å². The molecular weight excluding hydrogens is 384 g/mol. The maximum atomic E-state index is 11.9. The highest BCUT2D eigenvalue weighted by Crippen LogP contribution is 2.24. The van der Waals surface area contributed by atoms with E-state index in [1.165, 1.54) is 24.4 Å². The van der Waals surface area contributed by atoms with Crippen molar-refractivity contribution in [1.29, 1.82) is 0 Å². The molecule has 2 aromatic carbocycles. The van der Waals surface area contributed by atoms with Gasteiger partial charge in [-0.1, -0.05) is 23.7 Å². The molecule has 0 aliphatic carbocycles. The lowest BCUT2D eigenvalue weighted by atomic mass is 10.1. The number of nitrogens with one attached hydrogen (secondary N) is 2. The first-order valence-corrected chi connectivity index (χ1v) is 8.77. The van der Waals surface area contributed by atoms with E-state index in [9.17, 15) is 19.7 Å². The summed E-state index contributed by atoms with van der Waals surface area (Å²) in [5.41, 5.74) is 5.30.